The zero-order valence-corrected chi connectivity index (χ0v) is 11.6. The molecule has 0 aliphatic carbocycles. The first-order valence-corrected chi connectivity index (χ1v) is 6.27. The lowest BCUT2D eigenvalue weighted by Gasteiger charge is -2.06. The number of halogens is 2. The van der Waals surface area contributed by atoms with Gasteiger partial charge in [-0.15, -0.1) is 0 Å². The lowest BCUT2D eigenvalue weighted by Crippen LogP contribution is -2.13. The molecule has 20 heavy (non-hydrogen) atoms. The molecule has 0 fully saturated rings. The van der Waals surface area contributed by atoms with Crippen molar-refractivity contribution in [3.63, 3.8) is 0 Å². The van der Waals surface area contributed by atoms with Gasteiger partial charge in [-0.3, -0.25) is 14.9 Å². The van der Waals surface area contributed by atoms with Crippen molar-refractivity contribution < 1.29 is 14.1 Å². The summed E-state index contributed by atoms with van der Waals surface area (Å²) >= 11 is 3.23. The van der Waals surface area contributed by atoms with Gasteiger partial charge >= 0.3 is 0 Å². The Labute approximate surface area is 121 Å². The highest BCUT2D eigenvalue weighted by molar-refractivity contribution is 9.10. The average Bonchev–Trinajstić information content (AvgIpc) is 2.40. The smallest absolute Gasteiger partial charge is 0.272 e. The van der Waals surface area contributed by atoms with E-state index < -0.39 is 16.6 Å². The van der Waals surface area contributed by atoms with Crippen LogP contribution in [0.15, 0.2) is 46.9 Å². The zero-order chi connectivity index (χ0) is 14.7. The number of nitrogens with one attached hydrogen (secondary N) is 1. The highest BCUT2D eigenvalue weighted by Gasteiger charge is 2.13. The molecule has 5 nitrogen and oxygen atoms in total. The lowest BCUT2D eigenvalue weighted by molar-refractivity contribution is -0.385. The molecule has 7 heteroatoms. The molecule has 0 spiro atoms. The van der Waals surface area contributed by atoms with Crippen LogP contribution in [0.4, 0.5) is 15.8 Å². The average molecular weight is 339 g/mol. The van der Waals surface area contributed by atoms with Gasteiger partial charge < -0.3 is 5.32 Å². The monoisotopic (exact) mass is 338 g/mol. The fraction of sp³-hybridized carbons (Fsp3) is 0. The van der Waals surface area contributed by atoms with E-state index in [1.807, 2.05) is 0 Å². The summed E-state index contributed by atoms with van der Waals surface area (Å²) in [5.74, 6) is -1.36. The lowest BCUT2D eigenvalue weighted by atomic mass is 10.2. The van der Waals surface area contributed by atoms with E-state index in [9.17, 15) is 19.3 Å². The van der Waals surface area contributed by atoms with Gasteiger partial charge in [0, 0.05) is 16.1 Å². The van der Waals surface area contributed by atoms with Crippen LogP contribution >= 0.6 is 15.9 Å². The molecule has 1 N–H and O–H groups in total. The second kappa shape index (κ2) is 5.79. The van der Waals surface area contributed by atoms with Crippen LogP contribution in [0.1, 0.15) is 10.4 Å². The first-order chi connectivity index (χ1) is 9.47. The molecule has 0 heterocycles. The van der Waals surface area contributed by atoms with Crippen LogP contribution in [0.25, 0.3) is 0 Å². The predicted octanol–water partition coefficient (Wildman–Crippen LogP) is 3.75. The van der Waals surface area contributed by atoms with E-state index in [0.717, 1.165) is 18.2 Å². The van der Waals surface area contributed by atoms with Gasteiger partial charge in [0.2, 0.25) is 0 Å². The highest BCUT2D eigenvalue weighted by atomic mass is 79.9. The molecule has 0 saturated heterocycles. The fourth-order valence-corrected chi connectivity index (χ4v) is 1.94. The van der Waals surface area contributed by atoms with Crippen molar-refractivity contribution in [3.8, 4) is 0 Å². The Hall–Kier alpha value is -2.28. The minimum absolute atomic E-state index is 0.111. The molecule has 0 saturated carbocycles. The third-order valence-electron chi connectivity index (χ3n) is 2.50. The number of benzene rings is 2. The topological polar surface area (TPSA) is 72.2 Å². The van der Waals surface area contributed by atoms with Crippen molar-refractivity contribution in [1.82, 2.24) is 0 Å². The number of carbonyl (C=O) groups is 1. The summed E-state index contributed by atoms with van der Waals surface area (Å²) in [5, 5.41) is 12.9. The number of carbonyl (C=O) groups excluding carboxylic acids is 1. The van der Waals surface area contributed by atoms with Crippen molar-refractivity contribution in [3.05, 3.63) is 68.4 Å². The largest absolute Gasteiger partial charge is 0.319 e. The molecule has 0 aliphatic rings. The fourth-order valence-electron chi connectivity index (χ4n) is 1.54. The summed E-state index contributed by atoms with van der Waals surface area (Å²) in [6, 6.07) is 9.62. The molecule has 0 aliphatic heterocycles. The minimum Gasteiger partial charge on any atom is -0.319 e. The summed E-state index contributed by atoms with van der Waals surface area (Å²) in [4.78, 5) is 21.7. The molecular weight excluding hydrogens is 331 g/mol. The maximum absolute atomic E-state index is 13.6. The number of nitrogens with zero attached hydrogens (tertiary/aromatic N) is 1. The van der Waals surface area contributed by atoms with Crippen LogP contribution in [-0.2, 0) is 0 Å². The second-order valence-corrected chi connectivity index (χ2v) is 4.80. The van der Waals surface area contributed by atoms with Gasteiger partial charge in [0.15, 0.2) is 5.82 Å². The van der Waals surface area contributed by atoms with Crippen molar-refractivity contribution in [2.75, 3.05) is 5.32 Å². The Morgan fingerprint density at radius 2 is 2.00 bits per heavy atom. The standard InChI is InChI=1S/C13H8BrFN2O3/c14-9-3-1-2-8(6-9)13(18)16-12-5-4-10(17(19)20)7-11(12)15/h1-7H,(H,16,18). The summed E-state index contributed by atoms with van der Waals surface area (Å²) in [6.07, 6.45) is 0. The predicted molar refractivity (Wildman–Crippen MR) is 75.1 cm³/mol. The van der Waals surface area contributed by atoms with Crippen LogP contribution in [0.5, 0.6) is 0 Å². The molecule has 2 aromatic rings. The first-order valence-electron chi connectivity index (χ1n) is 5.48. The highest BCUT2D eigenvalue weighted by Crippen LogP contribution is 2.21. The molecule has 1 amide bonds. The van der Waals surface area contributed by atoms with Gasteiger partial charge in [-0.25, -0.2) is 4.39 Å². The Morgan fingerprint density at radius 3 is 2.60 bits per heavy atom. The van der Waals surface area contributed by atoms with Crippen LogP contribution < -0.4 is 5.32 Å². The van der Waals surface area contributed by atoms with Gasteiger partial charge in [-0.1, -0.05) is 22.0 Å². The summed E-state index contributed by atoms with van der Waals surface area (Å²) in [6.45, 7) is 0. The Kier molecular flexibility index (Phi) is 4.09. The van der Waals surface area contributed by atoms with Crippen LogP contribution in [0, 0.1) is 15.9 Å². The molecule has 0 aromatic heterocycles. The minimum atomic E-state index is -0.859. The van der Waals surface area contributed by atoms with E-state index in [1.165, 1.54) is 0 Å². The molecule has 0 radical (unpaired) electrons. The van der Waals surface area contributed by atoms with Gasteiger partial charge in [0.25, 0.3) is 11.6 Å². The van der Waals surface area contributed by atoms with E-state index in [2.05, 4.69) is 21.2 Å². The van der Waals surface area contributed by atoms with Gasteiger partial charge in [-0.05, 0) is 24.3 Å². The third-order valence-corrected chi connectivity index (χ3v) is 2.99. The van der Waals surface area contributed by atoms with Crippen molar-refractivity contribution >= 4 is 33.2 Å². The van der Waals surface area contributed by atoms with Crippen LogP contribution in [-0.4, -0.2) is 10.8 Å². The molecule has 102 valence electrons. The Morgan fingerprint density at radius 1 is 1.25 bits per heavy atom. The van der Waals surface area contributed by atoms with E-state index in [0.29, 0.717) is 10.0 Å². The quantitative estimate of drug-likeness (QED) is 0.684. The van der Waals surface area contributed by atoms with Crippen molar-refractivity contribution in [2.45, 2.75) is 0 Å². The number of hydrogen-bond donors (Lipinski definition) is 1. The van der Waals surface area contributed by atoms with Gasteiger partial charge in [-0.2, -0.15) is 0 Å². The second-order valence-electron chi connectivity index (χ2n) is 3.89. The van der Waals surface area contributed by atoms with Gasteiger partial charge in [0.1, 0.15) is 0 Å². The normalized spacial score (nSPS) is 10.1. The Bertz CT molecular complexity index is 691. The molecule has 0 atom stereocenters. The van der Waals surface area contributed by atoms with Gasteiger partial charge in [0.05, 0.1) is 16.7 Å². The number of anilines is 1. The van der Waals surface area contributed by atoms with E-state index >= 15 is 0 Å². The third kappa shape index (κ3) is 3.18. The van der Waals surface area contributed by atoms with Crippen molar-refractivity contribution in [2.24, 2.45) is 0 Å². The maximum Gasteiger partial charge on any atom is 0.272 e. The molecule has 0 bridgehead atoms. The number of hydrogen-bond acceptors (Lipinski definition) is 3. The molecule has 2 aromatic carbocycles. The molecule has 0 unspecified atom stereocenters. The first kappa shape index (κ1) is 14.1. The van der Waals surface area contributed by atoms with E-state index in [1.54, 1.807) is 24.3 Å². The van der Waals surface area contributed by atoms with E-state index in [-0.39, 0.29) is 11.4 Å². The summed E-state index contributed by atoms with van der Waals surface area (Å²) < 4.78 is 14.4. The number of amides is 1. The van der Waals surface area contributed by atoms with Crippen LogP contribution in [0.3, 0.4) is 0 Å². The molecular formula is C13H8BrFN2O3. The number of non-ortho nitro benzene ring substituents is 1. The van der Waals surface area contributed by atoms with E-state index in [4.69, 9.17) is 0 Å². The maximum atomic E-state index is 13.6. The SMILES string of the molecule is O=C(Nc1ccc([N+](=O)[O-])cc1F)c1cccc(Br)c1. The summed E-state index contributed by atoms with van der Waals surface area (Å²) in [5.41, 5.74) is -0.138. The number of rotatable bonds is 3. The zero-order valence-electron chi connectivity index (χ0n) is 9.97. The number of nitro benzene ring substituents is 1. The summed E-state index contributed by atoms with van der Waals surface area (Å²) in [7, 11) is 0. The van der Waals surface area contributed by atoms with Crippen molar-refractivity contribution in [1.29, 1.82) is 0 Å². The Balaban J connectivity index is 2.22. The van der Waals surface area contributed by atoms with Crippen LogP contribution in [0.2, 0.25) is 0 Å². The molecule has 2 rings (SSSR count). The number of nitro groups is 1.